The van der Waals surface area contributed by atoms with E-state index in [1.54, 1.807) is 0 Å². The fourth-order valence-corrected chi connectivity index (χ4v) is 2.76. The average molecular weight is 354 g/mol. The maximum absolute atomic E-state index is 12.9. The Morgan fingerprint density at radius 3 is 2.67 bits per heavy atom. The number of pyridine rings is 1. The van der Waals surface area contributed by atoms with Crippen LogP contribution in [0.1, 0.15) is 12.5 Å². The normalized spacial score (nSPS) is 11.7. The predicted molar refractivity (Wildman–Crippen MR) is 82.2 cm³/mol. The van der Waals surface area contributed by atoms with Crippen molar-refractivity contribution in [1.82, 2.24) is 19.9 Å². The Morgan fingerprint density at radius 1 is 1.25 bits per heavy atom. The average Bonchev–Trinajstić information content (AvgIpc) is 2.86. The van der Waals surface area contributed by atoms with E-state index in [9.17, 15) is 18.0 Å². The zero-order valence-electron chi connectivity index (χ0n) is 12.0. The van der Waals surface area contributed by atoms with Gasteiger partial charge in [0.05, 0.1) is 11.8 Å². The fraction of sp³-hybridized carbons (Fsp3) is 0.154. The highest BCUT2D eigenvalue weighted by Crippen LogP contribution is 2.35. The SMILES string of the molecule is CC(=O)Nc1nc2cnc(-c3cnc(N)c(C(F)(F)F)c3)nc2s1. The molecule has 7 nitrogen and oxygen atoms in total. The second kappa shape index (κ2) is 5.67. The molecule has 3 heterocycles. The van der Waals surface area contributed by atoms with Crippen LogP contribution in [0.25, 0.3) is 21.7 Å². The van der Waals surface area contributed by atoms with Gasteiger partial charge in [0.15, 0.2) is 11.0 Å². The molecule has 0 spiro atoms. The molecule has 0 aliphatic heterocycles. The Morgan fingerprint density at radius 2 is 2.00 bits per heavy atom. The number of carbonyl (C=O) groups is 1. The Labute approximate surface area is 136 Å². The third-order valence-corrected chi connectivity index (χ3v) is 3.80. The molecule has 1 amide bonds. The van der Waals surface area contributed by atoms with Crippen molar-refractivity contribution < 1.29 is 18.0 Å². The Hall–Kier alpha value is -2.82. The number of alkyl halides is 3. The van der Waals surface area contributed by atoms with Gasteiger partial charge in [-0.1, -0.05) is 11.3 Å². The number of hydrogen-bond donors (Lipinski definition) is 2. The summed E-state index contributed by atoms with van der Waals surface area (Å²) in [6, 6.07) is 0.846. The van der Waals surface area contributed by atoms with E-state index in [1.807, 2.05) is 0 Å². The second-order valence-corrected chi connectivity index (χ2v) is 5.72. The quantitative estimate of drug-likeness (QED) is 0.733. The molecule has 0 aliphatic rings. The summed E-state index contributed by atoms with van der Waals surface area (Å²) >= 11 is 1.09. The van der Waals surface area contributed by atoms with Crippen LogP contribution in [0.3, 0.4) is 0 Å². The van der Waals surface area contributed by atoms with Gasteiger partial charge in [0.2, 0.25) is 5.91 Å². The van der Waals surface area contributed by atoms with E-state index in [0.29, 0.717) is 15.5 Å². The predicted octanol–water partition coefficient (Wildman–Crippen LogP) is 2.71. The number of halogens is 3. The summed E-state index contributed by atoms with van der Waals surface area (Å²) in [5, 5.41) is 2.84. The van der Waals surface area contributed by atoms with Gasteiger partial charge in [0.25, 0.3) is 0 Å². The minimum atomic E-state index is -4.62. The molecule has 3 N–H and O–H groups in total. The summed E-state index contributed by atoms with van der Waals surface area (Å²) in [4.78, 5) is 27.3. The number of nitrogens with zero attached hydrogens (tertiary/aromatic N) is 4. The Kier molecular flexibility index (Phi) is 3.79. The lowest BCUT2D eigenvalue weighted by Gasteiger charge is -2.10. The molecule has 3 aromatic heterocycles. The van der Waals surface area contributed by atoms with Crippen molar-refractivity contribution in [3.8, 4) is 11.4 Å². The molecule has 0 radical (unpaired) electrons. The summed E-state index contributed by atoms with van der Waals surface area (Å²) in [6.45, 7) is 1.34. The smallest absolute Gasteiger partial charge is 0.383 e. The molecular weight excluding hydrogens is 345 g/mol. The number of nitrogen functional groups attached to an aromatic ring is 1. The van der Waals surface area contributed by atoms with Crippen molar-refractivity contribution in [1.29, 1.82) is 0 Å². The number of amides is 1. The van der Waals surface area contributed by atoms with Crippen LogP contribution >= 0.6 is 11.3 Å². The molecule has 3 rings (SSSR count). The molecule has 11 heteroatoms. The van der Waals surface area contributed by atoms with Crippen molar-refractivity contribution in [2.75, 3.05) is 11.1 Å². The van der Waals surface area contributed by atoms with E-state index in [2.05, 4.69) is 25.3 Å². The third kappa shape index (κ3) is 3.11. The Balaban J connectivity index is 2.05. The van der Waals surface area contributed by atoms with Crippen molar-refractivity contribution in [2.24, 2.45) is 0 Å². The van der Waals surface area contributed by atoms with Gasteiger partial charge in [-0.05, 0) is 6.07 Å². The Bertz CT molecular complexity index is 939. The molecule has 24 heavy (non-hydrogen) atoms. The topological polar surface area (TPSA) is 107 Å². The van der Waals surface area contributed by atoms with Gasteiger partial charge < -0.3 is 11.1 Å². The number of rotatable bonds is 2. The second-order valence-electron chi connectivity index (χ2n) is 4.74. The van der Waals surface area contributed by atoms with Crippen molar-refractivity contribution in [2.45, 2.75) is 13.1 Å². The van der Waals surface area contributed by atoms with Crippen molar-refractivity contribution >= 4 is 38.5 Å². The zero-order chi connectivity index (χ0) is 17.5. The largest absolute Gasteiger partial charge is 0.419 e. The van der Waals surface area contributed by atoms with E-state index >= 15 is 0 Å². The van der Waals surface area contributed by atoms with Crippen molar-refractivity contribution in [3.63, 3.8) is 0 Å². The van der Waals surface area contributed by atoms with E-state index in [0.717, 1.165) is 17.4 Å². The van der Waals surface area contributed by atoms with Crippen LogP contribution in [-0.4, -0.2) is 25.8 Å². The number of anilines is 2. The van der Waals surface area contributed by atoms with Crippen LogP contribution in [0, 0.1) is 0 Å². The van der Waals surface area contributed by atoms with E-state index in [4.69, 9.17) is 5.73 Å². The third-order valence-electron chi connectivity index (χ3n) is 2.92. The summed E-state index contributed by atoms with van der Waals surface area (Å²) < 4.78 is 38.7. The molecule has 0 bridgehead atoms. The lowest BCUT2D eigenvalue weighted by molar-refractivity contribution is -0.137. The van der Waals surface area contributed by atoms with E-state index in [1.165, 1.54) is 19.3 Å². The summed E-state index contributed by atoms with van der Waals surface area (Å²) in [6.07, 6.45) is -2.09. The number of thiazole rings is 1. The summed E-state index contributed by atoms with van der Waals surface area (Å²) in [5.74, 6) is -0.851. The molecule has 0 saturated heterocycles. The number of fused-ring (bicyclic) bond motifs is 1. The zero-order valence-corrected chi connectivity index (χ0v) is 12.9. The first-order valence-corrected chi connectivity index (χ1v) is 7.30. The molecule has 0 saturated carbocycles. The molecule has 3 aromatic rings. The molecule has 0 unspecified atom stereocenters. The number of hydrogen-bond acceptors (Lipinski definition) is 7. The molecule has 0 fully saturated rings. The molecular formula is C13H9F3N6OS. The first kappa shape index (κ1) is 16.1. The molecule has 0 aliphatic carbocycles. The maximum Gasteiger partial charge on any atom is 0.419 e. The lowest BCUT2D eigenvalue weighted by Crippen LogP contribution is -2.10. The first-order valence-electron chi connectivity index (χ1n) is 6.48. The molecule has 0 aromatic carbocycles. The van der Waals surface area contributed by atoms with E-state index < -0.39 is 17.6 Å². The van der Waals surface area contributed by atoms with Crippen LogP contribution in [0.5, 0.6) is 0 Å². The van der Waals surface area contributed by atoms with Crippen LogP contribution in [-0.2, 0) is 11.0 Å². The van der Waals surface area contributed by atoms with Crippen LogP contribution in [0.4, 0.5) is 24.1 Å². The van der Waals surface area contributed by atoms with Crippen LogP contribution in [0.2, 0.25) is 0 Å². The number of carbonyl (C=O) groups excluding carboxylic acids is 1. The lowest BCUT2D eigenvalue weighted by atomic mass is 10.1. The van der Waals surface area contributed by atoms with Gasteiger partial charge in [-0.15, -0.1) is 0 Å². The highest BCUT2D eigenvalue weighted by atomic mass is 32.1. The summed E-state index contributed by atoms with van der Waals surface area (Å²) in [5.41, 5.74) is 4.72. The fourth-order valence-electron chi connectivity index (χ4n) is 1.90. The maximum atomic E-state index is 12.9. The first-order chi connectivity index (χ1) is 11.2. The van der Waals surface area contributed by atoms with Crippen LogP contribution < -0.4 is 11.1 Å². The number of aromatic nitrogens is 4. The minimum Gasteiger partial charge on any atom is -0.383 e. The summed E-state index contributed by atoms with van der Waals surface area (Å²) in [7, 11) is 0. The highest BCUT2D eigenvalue weighted by molar-refractivity contribution is 7.21. The van der Waals surface area contributed by atoms with Gasteiger partial charge in [0.1, 0.15) is 16.2 Å². The molecule has 124 valence electrons. The minimum absolute atomic E-state index is 0.0542. The standard InChI is InChI=1S/C13H9F3N6OS/c1-5(23)20-12-21-8-4-19-10(22-11(8)24-12)6-2-7(13(14,15)16)9(17)18-3-6/h2-4H,1H3,(H2,17,18)(H,20,21,23). The van der Waals surface area contributed by atoms with Gasteiger partial charge in [-0.3, -0.25) is 4.79 Å². The van der Waals surface area contributed by atoms with Gasteiger partial charge in [-0.2, -0.15) is 13.2 Å². The van der Waals surface area contributed by atoms with Gasteiger partial charge in [0, 0.05) is 18.7 Å². The monoisotopic (exact) mass is 354 g/mol. The molecule has 0 atom stereocenters. The highest BCUT2D eigenvalue weighted by Gasteiger charge is 2.34. The van der Waals surface area contributed by atoms with Crippen LogP contribution in [0.15, 0.2) is 18.5 Å². The van der Waals surface area contributed by atoms with E-state index in [-0.39, 0.29) is 17.3 Å². The number of nitrogens with two attached hydrogens (primary N) is 1. The van der Waals surface area contributed by atoms with Gasteiger partial charge >= 0.3 is 6.18 Å². The van der Waals surface area contributed by atoms with Crippen molar-refractivity contribution in [3.05, 3.63) is 24.0 Å². The van der Waals surface area contributed by atoms with Gasteiger partial charge in [-0.25, -0.2) is 19.9 Å². The number of nitrogens with one attached hydrogen (secondary N) is 1.